The van der Waals surface area contributed by atoms with Crippen molar-refractivity contribution in [3.05, 3.63) is 52.6 Å². The number of ether oxygens (including phenoxy) is 2. The van der Waals surface area contributed by atoms with Gasteiger partial charge in [0.1, 0.15) is 28.9 Å². The van der Waals surface area contributed by atoms with Crippen LogP contribution in [0.25, 0.3) is 0 Å². The molecule has 0 aliphatic carbocycles. The van der Waals surface area contributed by atoms with E-state index in [1.807, 2.05) is 19.9 Å². The maximum absolute atomic E-state index is 12.7. The number of methoxy groups -OCH3 is 1. The average molecular weight is 370 g/mol. The number of aromatic hydroxyl groups is 3. The molecule has 0 saturated heterocycles. The summed E-state index contributed by atoms with van der Waals surface area (Å²) in [4.78, 5) is 12.7. The Hall–Kier alpha value is -3.15. The van der Waals surface area contributed by atoms with Crippen molar-refractivity contribution >= 4 is 5.78 Å². The Kier molecular flexibility index (Phi) is 4.99. The second kappa shape index (κ2) is 7.23. The predicted octanol–water partition coefficient (Wildman–Crippen LogP) is 4.03. The second-order valence-electron chi connectivity index (χ2n) is 6.75. The van der Waals surface area contributed by atoms with Gasteiger partial charge in [-0.2, -0.15) is 0 Å². The fourth-order valence-corrected chi connectivity index (χ4v) is 3.12. The molecule has 6 heteroatoms. The summed E-state index contributed by atoms with van der Waals surface area (Å²) in [5.41, 5.74) is 2.47. The number of fused-ring (bicyclic) bond motifs is 1. The number of phenols is 3. The van der Waals surface area contributed by atoms with Crippen molar-refractivity contribution < 1.29 is 29.6 Å². The Balaban J connectivity index is 2.11. The minimum Gasteiger partial charge on any atom is -0.507 e. The van der Waals surface area contributed by atoms with Gasteiger partial charge in [-0.05, 0) is 38.0 Å². The Bertz CT molecular complexity index is 925. The third-order valence-electron chi connectivity index (χ3n) is 4.54. The van der Waals surface area contributed by atoms with Crippen LogP contribution < -0.4 is 9.47 Å². The lowest BCUT2D eigenvalue weighted by Gasteiger charge is -2.29. The number of hydrogen-bond donors (Lipinski definition) is 3. The van der Waals surface area contributed by atoms with Gasteiger partial charge in [0, 0.05) is 11.6 Å². The van der Waals surface area contributed by atoms with Gasteiger partial charge < -0.3 is 24.8 Å². The molecule has 1 heterocycles. The standard InChI is InChI=1S/C21H22O6/c1-11(2)4-6-13-19(26-3)10-17(25)20-16(24)9-18(27-21(13)20)12-5-7-14(22)15(23)8-12/h4-5,7-8,10,18,22-23,25H,6,9H2,1-3H3. The molecule has 3 N–H and O–H groups in total. The van der Waals surface area contributed by atoms with Crippen LogP contribution in [0.5, 0.6) is 28.7 Å². The van der Waals surface area contributed by atoms with Crippen molar-refractivity contribution in [1.82, 2.24) is 0 Å². The van der Waals surface area contributed by atoms with Crippen molar-refractivity contribution in [1.29, 1.82) is 0 Å². The third-order valence-corrected chi connectivity index (χ3v) is 4.54. The molecule has 0 radical (unpaired) electrons. The first-order chi connectivity index (χ1) is 12.8. The van der Waals surface area contributed by atoms with E-state index in [2.05, 4.69) is 0 Å². The molecule has 0 spiro atoms. The molecule has 27 heavy (non-hydrogen) atoms. The fraction of sp³-hybridized carbons (Fsp3) is 0.286. The highest BCUT2D eigenvalue weighted by molar-refractivity contribution is 6.03. The number of carbonyl (C=O) groups excluding carboxylic acids is 1. The van der Waals surface area contributed by atoms with Crippen LogP contribution in [0, 0.1) is 0 Å². The van der Waals surface area contributed by atoms with Gasteiger partial charge in [0.05, 0.1) is 13.5 Å². The topological polar surface area (TPSA) is 96.2 Å². The van der Waals surface area contributed by atoms with Crippen LogP contribution >= 0.6 is 0 Å². The van der Waals surface area contributed by atoms with Crippen molar-refractivity contribution in [3.8, 4) is 28.7 Å². The quantitative estimate of drug-likeness (QED) is 0.555. The average Bonchev–Trinajstić information content (AvgIpc) is 2.62. The summed E-state index contributed by atoms with van der Waals surface area (Å²) >= 11 is 0. The van der Waals surface area contributed by atoms with Gasteiger partial charge in [-0.1, -0.05) is 17.7 Å². The Labute approximate surface area is 157 Å². The van der Waals surface area contributed by atoms with Crippen molar-refractivity contribution in [3.63, 3.8) is 0 Å². The molecule has 0 saturated carbocycles. The van der Waals surface area contributed by atoms with Crippen LogP contribution in [-0.2, 0) is 6.42 Å². The van der Waals surface area contributed by atoms with Gasteiger partial charge in [0.2, 0.25) is 0 Å². The molecule has 0 aromatic heterocycles. The Morgan fingerprint density at radius 1 is 1.19 bits per heavy atom. The number of Topliss-reactive ketones (excluding diaryl/α,β-unsaturated/α-hetero) is 1. The maximum atomic E-state index is 12.7. The monoisotopic (exact) mass is 370 g/mol. The summed E-state index contributed by atoms with van der Waals surface area (Å²) in [5.74, 6) is -0.242. The molecule has 1 aliphatic heterocycles. The summed E-state index contributed by atoms with van der Waals surface area (Å²) < 4.78 is 11.5. The summed E-state index contributed by atoms with van der Waals surface area (Å²) in [6, 6.07) is 5.74. The molecule has 1 atom stereocenters. The Morgan fingerprint density at radius 2 is 1.93 bits per heavy atom. The highest BCUT2D eigenvalue weighted by atomic mass is 16.5. The number of rotatable bonds is 4. The lowest BCUT2D eigenvalue weighted by molar-refractivity contribution is 0.0842. The van der Waals surface area contributed by atoms with E-state index >= 15 is 0 Å². The largest absolute Gasteiger partial charge is 0.507 e. The van der Waals surface area contributed by atoms with E-state index in [9.17, 15) is 20.1 Å². The lowest BCUT2D eigenvalue weighted by Crippen LogP contribution is -2.22. The second-order valence-corrected chi connectivity index (χ2v) is 6.75. The number of carbonyl (C=O) groups is 1. The summed E-state index contributed by atoms with van der Waals surface area (Å²) in [6.07, 6.45) is 1.83. The van der Waals surface area contributed by atoms with Crippen molar-refractivity contribution in [2.24, 2.45) is 0 Å². The highest BCUT2D eigenvalue weighted by Gasteiger charge is 2.33. The van der Waals surface area contributed by atoms with Crippen LogP contribution in [0.4, 0.5) is 0 Å². The van der Waals surface area contributed by atoms with E-state index < -0.39 is 6.10 Å². The Morgan fingerprint density at radius 3 is 2.56 bits per heavy atom. The van der Waals surface area contributed by atoms with Gasteiger partial charge >= 0.3 is 0 Å². The van der Waals surface area contributed by atoms with Crippen LogP contribution in [0.3, 0.4) is 0 Å². The molecule has 0 fully saturated rings. The summed E-state index contributed by atoms with van der Waals surface area (Å²) in [6.45, 7) is 3.93. The van der Waals surface area contributed by atoms with E-state index in [0.29, 0.717) is 23.3 Å². The van der Waals surface area contributed by atoms with Gasteiger partial charge in [-0.15, -0.1) is 0 Å². The van der Waals surface area contributed by atoms with Crippen molar-refractivity contribution in [2.45, 2.75) is 32.8 Å². The molecule has 0 amide bonds. The normalized spacial score (nSPS) is 15.7. The zero-order valence-electron chi connectivity index (χ0n) is 15.4. The molecule has 2 aromatic rings. The minimum absolute atomic E-state index is 0.0131. The molecule has 1 unspecified atom stereocenters. The van der Waals surface area contributed by atoms with Gasteiger partial charge in [-0.3, -0.25) is 4.79 Å². The van der Waals surface area contributed by atoms with Gasteiger partial charge in [-0.25, -0.2) is 0 Å². The molecule has 6 nitrogen and oxygen atoms in total. The molecule has 3 rings (SSSR count). The first-order valence-corrected chi connectivity index (χ1v) is 8.59. The smallest absolute Gasteiger partial charge is 0.174 e. The fourth-order valence-electron chi connectivity index (χ4n) is 3.12. The summed E-state index contributed by atoms with van der Waals surface area (Å²) in [7, 11) is 1.49. The summed E-state index contributed by atoms with van der Waals surface area (Å²) in [5, 5.41) is 29.6. The van der Waals surface area contributed by atoms with Crippen LogP contribution in [0.1, 0.15) is 47.9 Å². The number of ketones is 1. The van der Waals surface area contributed by atoms with Crippen LogP contribution in [0.15, 0.2) is 35.9 Å². The van der Waals surface area contributed by atoms with Crippen LogP contribution in [-0.4, -0.2) is 28.2 Å². The third kappa shape index (κ3) is 3.56. The predicted molar refractivity (Wildman–Crippen MR) is 99.9 cm³/mol. The van der Waals surface area contributed by atoms with Crippen molar-refractivity contribution in [2.75, 3.05) is 7.11 Å². The van der Waals surface area contributed by atoms with Gasteiger partial charge in [0.25, 0.3) is 0 Å². The lowest BCUT2D eigenvalue weighted by atomic mass is 9.92. The first kappa shape index (κ1) is 18.6. The molecular weight excluding hydrogens is 348 g/mol. The van der Waals surface area contributed by atoms with Gasteiger partial charge in [0.15, 0.2) is 17.3 Å². The molecule has 2 aromatic carbocycles. The van der Waals surface area contributed by atoms with E-state index in [1.54, 1.807) is 6.07 Å². The number of phenolic OH excluding ortho intramolecular Hbond substituents is 3. The number of allylic oxidation sites excluding steroid dienone is 2. The van der Waals surface area contributed by atoms with E-state index in [1.165, 1.54) is 25.3 Å². The molecular formula is C21H22O6. The first-order valence-electron chi connectivity index (χ1n) is 8.59. The van der Waals surface area contributed by atoms with Crippen LogP contribution in [0.2, 0.25) is 0 Å². The maximum Gasteiger partial charge on any atom is 0.174 e. The SMILES string of the molecule is COc1cc(O)c2c(c1CC=C(C)C)OC(c1ccc(O)c(O)c1)CC2=O. The zero-order valence-corrected chi connectivity index (χ0v) is 15.4. The highest BCUT2D eigenvalue weighted by Crippen LogP contribution is 2.46. The van der Waals surface area contributed by atoms with E-state index in [4.69, 9.17) is 9.47 Å². The van der Waals surface area contributed by atoms with E-state index in [-0.39, 0.29) is 40.8 Å². The molecule has 142 valence electrons. The zero-order chi connectivity index (χ0) is 19.7. The number of benzene rings is 2. The minimum atomic E-state index is -0.645. The molecule has 1 aliphatic rings. The molecule has 0 bridgehead atoms. The number of hydrogen-bond acceptors (Lipinski definition) is 6. The van der Waals surface area contributed by atoms with E-state index in [0.717, 1.165) is 5.57 Å².